The highest BCUT2D eigenvalue weighted by Gasteiger charge is 2.29. The number of hydrogen-bond acceptors (Lipinski definition) is 3. The van der Waals surface area contributed by atoms with Gasteiger partial charge in [-0.05, 0) is 43.3 Å². The molecule has 4 nitrogen and oxygen atoms in total. The predicted molar refractivity (Wildman–Crippen MR) is 90.4 cm³/mol. The highest BCUT2D eigenvalue weighted by Crippen LogP contribution is 2.40. The van der Waals surface area contributed by atoms with Gasteiger partial charge in [0.2, 0.25) is 0 Å². The first kappa shape index (κ1) is 12.5. The fraction of sp³-hybridized carbons (Fsp3) is 0.105. The van der Waals surface area contributed by atoms with Crippen molar-refractivity contribution in [2.24, 2.45) is 0 Å². The minimum absolute atomic E-state index is 0.0963. The van der Waals surface area contributed by atoms with E-state index in [0.717, 1.165) is 39.6 Å². The summed E-state index contributed by atoms with van der Waals surface area (Å²) in [6, 6.07) is 20.5. The first-order valence-corrected chi connectivity index (χ1v) is 7.70. The third-order valence-corrected chi connectivity index (χ3v) is 4.34. The van der Waals surface area contributed by atoms with Crippen molar-refractivity contribution in [1.82, 2.24) is 9.55 Å². The van der Waals surface area contributed by atoms with E-state index in [4.69, 9.17) is 9.40 Å². The van der Waals surface area contributed by atoms with Crippen LogP contribution in [-0.2, 0) is 0 Å². The van der Waals surface area contributed by atoms with Crippen LogP contribution in [0.15, 0.2) is 65.1 Å². The highest BCUT2D eigenvalue weighted by molar-refractivity contribution is 5.86. The van der Waals surface area contributed by atoms with Gasteiger partial charge in [0.25, 0.3) is 0 Å². The van der Waals surface area contributed by atoms with E-state index in [0.29, 0.717) is 0 Å². The van der Waals surface area contributed by atoms with Crippen molar-refractivity contribution in [2.45, 2.75) is 13.1 Å². The number of benzene rings is 2. The van der Waals surface area contributed by atoms with Gasteiger partial charge in [0, 0.05) is 11.3 Å². The van der Waals surface area contributed by atoms with Crippen molar-refractivity contribution >= 4 is 16.7 Å². The number of hydrogen-bond donors (Lipinski definition) is 1. The molecular formula is C19H15N3O. The number of nitrogens with one attached hydrogen (secondary N) is 1. The molecule has 5 rings (SSSR count). The second kappa shape index (κ2) is 4.49. The van der Waals surface area contributed by atoms with E-state index in [1.807, 2.05) is 49.4 Å². The molecule has 0 spiro atoms. The van der Waals surface area contributed by atoms with Crippen LogP contribution in [0.5, 0.6) is 0 Å². The monoisotopic (exact) mass is 301 g/mol. The molecular weight excluding hydrogens is 286 g/mol. The van der Waals surface area contributed by atoms with Crippen molar-refractivity contribution in [3.05, 3.63) is 72.2 Å². The lowest BCUT2D eigenvalue weighted by Gasteiger charge is -2.28. The third kappa shape index (κ3) is 1.75. The standard InChI is InChI=1S/C19H15N3O/c1-12-10-11-17(23-12)19-20-14-7-3-2-6-13(14)18-21-15-8-4-5-9-16(15)22(18)19/h2-11,19-20H,1H3/t19-/m0/s1. The maximum Gasteiger partial charge on any atom is 0.165 e. The molecule has 0 amide bonds. The van der Waals surface area contributed by atoms with Crippen LogP contribution in [0.1, 0.15) is 17.7 Å². The molecule has 0 unspecified atom stereocenters. The second-order valence-electron chi connectivity index (χ2n) is 5.83. The zero-order chi connectivity index (χ0) is 15.4. The fourth-order valence-corrected chi connectivity index (χ4v) is 3.31. The molecule has 0 saturated heterocycles. The number of furan rings is 1. The van der Waals surface area contributed by atoms with Gasteiger partial charge in [-0.3, -0.25) is 4.57 Å². The Labute approximate surface area is 133 Å². The Bertz CT molecular complexity index is 1030. The summed E-state index contributed by atoms with van der Waals surface area (Å²) in [7, 11) is 0. The summed E-state index contributed by atoms with van der Waals surface area (Å²) in [5.74, 6) is 2.77. The van der Waals surface area contributed by atoms with Crippen molar-refractivity contribution in [3.63, 3.8) is 0 Å². The minimum atomic E-state index is -0.0963. The maximum absolute atomic E-state index is 5.90. The number of aromatic nitrogens is 2. The molecule has 0 fully saturated rings. The van der Waals surface area contributed by atoms with Gasteiger partial charge in [0.1, 0.15) is 17.3 Å². The van der Waals surface area contributed by atoms with Gasteiger partial charge in [0.05, 0.1) is 11.0 Å². The van der Waals surface area contributed by atoms with Gasteiger partial charge < -0.3 is 9.73 Å². The summed E-state index contributed by atoms with van der Waals surface area (Å²) >= 11 is 0. The number of anilines is 1. The van der Waals surface area contributed by atoms with Gasteiger partial charge in [-0.15, -0.1) is 0 Å². The number of aryl methyl sites for hydroxylation is 1. The van der Waals surface area contributed by atoms with E-state index in [2.05, 4.69) is 28.1 Å². The van der Waals surface area contributed by atoms with E-state index in [1.165, 1.54) is 0 Å². The van der Waals surface area contributed by atoms with Crippen molar-refractivity contribution in [3.8, 4) is 11.4 Å². The Balaban J connectivity index is 1.84. The molecule has 0 bridgehead atoms. The smallest absolute Gasteiger partial charge is 0.165 e. The first-order valence-electron chi connectivity index (χ1n) is 7.70. The Morgan fingerprint density at radius 3 is 2.70 bits per heavy atom. The lowest BCUT2D eigenvalue weighted by molar-refractivity contribution is 0.437. The minimum Gasteiger partial charge on any atom is -0.462 e. The highest BCUT2D eigenvalue weighted by atomic mass is 16.3. The zero-order valence-corrected chi connectivity index (χ0v) is 12.7. The Morgan fingerprint density at radius 1 is 1.00 bits per heavy atom. The number of imidazole rings is 1. The number of nitrogens with zero attached hydrogens (tertiary/aromatic N) is 2. The zero-order valence-electron chi connectivity index (χ0n) is 12.7. The molecule has 112 valence electrons. The molecule has 0 saturated carbocycles. The largest absolute Gasteiger partial charge is 0.462 e. The number of para-hydroxylation sites is 3. The first-order chi connectivity index (χ1) is 11.3. The van der Waals surface area contributed by atoms with Crippen molar-refractivity contribution in [2.75, 3.05) is 5.32 Å². The van der Waals surface area contributed by atoms with E-state index in [1.54, 1.807) is 0 Å². The molecule has 23 heavy (non-hydrogen) atoms. The summed E-state index contributed by atoms with van der Waals surface area (Å²) in [6.07, 6.45) is -0.0963. The topological polar surface area (TPSA) is 43.0 Å². The molecule has 2 aromatic heterocycles. The molecule has 2 aromatic carbocycles. The quantitative estimate of drug-likeness (QED) is 0.559. The molecule has 1 atom stereocenters. The Morgan fingerprint density at radius 2 is 1.83 bits per heavy atom. The van der Waals surface area contributed by atoms with Crippen LogP contribution in [0.2, 0.25) is 0 Å². The number of rotatable bonds is 1. The van der Waals surface area contributed by atoms with Crippen LogP contribution in [0.25, 0.3) is 22.4 Å². The summed E-state index contributed by atoms with van der Waals surface area (Å²) in [4.78, 5) is 4.86. The summed E-state index contributed by atoms with van der Waals surface area (Å²) in [5.41, 5.74) is 4.29. The SMILES string of the molecule is Cc1ccc([C@H]2Nc3ccccc3-c3nc4ccccc4n32)o1. The van der Waals surface area contributed by atoms with Gasteiger partial charge in [-0.1, -0.05) is 24.3 Å². The Hall–Kier alpha value is -3.01. The summed E-state index contributed by atoms with van der Waals surface area (Å²) < 4.78 is 8.12. The molecule has 4 aromatic rings. The van der Waals surface area contributed by atoms with Crippen LogP contribution in [0, 0.1) is 6.92 Å². The molecule has 1 aliphatic heterocycles. The molecule has 1 aliphatic rings. The molecule has 4 heteroatoms. The third-order valence-electron chi connectivity index (χ3n) is 4.34. The van der Waals surface area contributed by atoms with E-state index >= 15 is 0 Å². The molecule has 3 heterocycles. The lowest BCUT2D eigenvalue weighted by atomic mass is 10.1. The van der Waals surface area contributed by atoms with Crippen LogP contribution in [0.4, 0.5) is 5.69 Å². The van der Waals surface area contributed by atoms with E-state index in [9.17, 15) is 0 Å². The summed E-state index contributed by atoms with van der Waals surface area (Å²) in [6.45, 7) is 1.97. The maximum atomic E-state index is 5.90. The van der Waals surface area contributed by atoms with Crippen LogP contribution in [-0.4, -0.2) is 9.55 Å². The Kier molecular flexibility index (Phi) is 2.45. The van der Waals surface area contributed by atoms with Crippen LogP contribution < -0.4 is 5.32 Å². The van der Waals surface area contributed by atoms with Gasteiger partial charge in [-0.2, -0.15) is 0 Å². The van der Waals surface area contributed by atoms with Gasteiger partial charge in [-0.25, -0.2) is 4.98 Å². The molecule has 1 N–H and O–H groups in total. The average Bonchev–Trinajstić information content (AvgIpc) is 3.18. The fourth-order valence-electron chi connectivity index (χ4n) is 3.31. The van der Waals surface area contributed by atoms with E-state index in [-0.39, 0.29) is 6.17 Å². The summed E-state index contributed by atoms with van der Waals surface area (Å²) in [5, 5.41) is 3.59. The van der Waals surface area contributed by atoms with E-state index < -0.39 is 0 Å². The predicted octanol–water partition coefficient (Wildman–Crippen LogP) is 4.58. The van der Waals surface area contributed by atoms with Crippen LogP contribution >= 0.6 is 0 Å². The average molecular weight is 301 g/mol. The second-order valence-corrected chi connectivity index (χ2v) is 5.83. The van der Waals surface area contributed by atoms with Crippen LogP contribution in [0.3, 0.4) is 0 Å². The van der Waals surface area contributed by atoms with Gasteiger partial charge in [0.15, 0.2) is 6.17 Å². The molecule has 0 aliphatic carbocycles. The van der Waals surface area contributed by atoms with Crippen molar-refractivity contribution in [1.29, 1.82) is 0 Å². The molecule has 0 radical (unpaired) electrons. The normalized spacial score (nSPS) is 16.0. The van der Waals surface area contributed by atoms with Gasteiger partial charge >= 0.3 is 0 Å². The lowest BCUT2D eigenvalue weighted by Crippen LogP contribution is -2.24. The van der Waals surface area contributed by atoms with Crippen molar-refractivity contribution < 1.29 is 4.42 Å². The number of fused-ring (bicyclic) bond motifs is 5.